The van der Waals surface area contributed by atoms with Crippen LogP contribution in [0.1, 0.15) is 15.9 Å². The summed E-state index contributed by atoms with van der Waals surface area (Å²) in [7, 11) is 1.63. The first-order valence-electron chi connectivity index (χ1n) is 6.65. The maximum atomic E-state index is 12.3. The molecule has 112 valence electrons. The van der Waals surface area contributed by atoms with E-state index in [1.807, 2.05) is 41.1 Å². The molecule has 2 heterocycles. The van der Waals surface area contributed by atoms with E-state index in [9.17, 15) is 4.79 Å². The number of carbonyl (C=O) groups is 1. The molecule has 0 saturated carbocycles. The molecular weight excluding hydrogens is 316 g/mol. The number of hydrogen-bond acceptors (Lipinski definition) is 5. The minimum Gasteiger partial charge on any atom is -0.380 e. The Kier molecular flexibility index (Phi) is 4.62. The summed E-state index contributed by atoms with van der Waals surface area (Å²) in [5.41, 5.74) is 2.46. The second kappa shape index (κ2) is 6.83. The molecule has 0 bridgehead atoms. The number of aromatic nitrogens is 1. The number of nitrogens with one attached hydrogen (secondary N) is 1. The highest BCUT2D eigenvalue weighted by molar-refractivity contribution is 7.16. The number of thiazole rings is 1. The minimum absolute atomic E-state index is 0.162. The van der Waals surface area contributed by atoms with Crippen molar-refractivity contribution in [3.8, 4) is 10.6 Å². The van der Waals surface area contributed by atoms with E-state index in [1.54, 1.807) is 24.5 Å². The number of nitrogens with zero attached hydrogens (tertiary/aromatic N) is 1. The molecule has 0 fully saturated rings. The van der Waals surface area contributed by atoms with Crippen LogP contribution in [0.3, 0.4) is 0 Å². The van der Waals surface area contributed by atoms with Gasteiger partial charge in [0.25, 0.3) is 5.91 Å². The van der Waals surface area contributed by atoms with Gasteiger partial charge < -0.3 is 4.74 Å². The average Bonchev–Trinajstić information content (AvgIpc) is 3.18. The molecule has 0 spiro atoms. The summed E-state index contributed by atoms with van der Waals surface area (Å²) in [6.07, 6.45) is 0. The zero-order chi connectivity index (χ0) is 15.4. The minimum atomic E-state index is -0.162. The van der Waals surface area contributed by atoms with Gasteiger partial charge in [0, 0.05) is 18.1 Å². The fourth-order valence-corrected chi connectivity index (χ4v) is 3.47. The Bertz CT molecular complexity index is 766. The van der Waals surface area contributed by atoms with Gasteiger partial charge in [-0.1, -0.05) is 18.2 Å². The summed E-state index contributed by atoms with van der Waals surface area (Å²) < 4.78 is 5.08. The fourth-order valence-electron chi connectivity index (χ4n) is 2.01. The van der Waals surface area contributed by atoms with E-state index in [0.29, 0.717) is 17.3 Å². The predicted octanol–water partition coefficient (Wildman–Crippen LogP) is 4.27. The van der Waals surface area contributed by atoms with Crippen LogP contribution in [-0.4, -0.2) is 18.0 Å². The van der Waals surface area contributed by atoms with E-state index in [1.165, 1.54) is 11.3 Å². The molecule has 1 N–H and O–H groups in total. The van der Waals surface area contributed by atoms with Crippen LogP contribution in [0.25, 0.3) is 10.6 Å². The fraction of sp³-hybridized carbons (Fsp3) is 0.125. The summed E-state index contributed by atoms with van der Waals surface area (Å²) in [6, 6.07) is 11.4. The van der Waals surface area contributed by atoms with Crippen LogP contribution < -0.4 is 5.32 Å². The average molecular weight is 330 g/mol. The van der Waals surface area contributed by atoms with E-state index in [0.717, 1.165) is 16.1 Å². The number of anilines is 1. The van der Waals surface area contributed by atoms with Crippen molar-refractivity contribution in [2.24, 2.45) is 0 Å². The number of methoxy groups -OCH3 is 1. The van der Waals surface area contributed by atoms with Crippen LogP contribution in [0.4, 0.5) is 5.13 Å². The summed E-state index contributed by atoms with van der Waals surface area (Å²) in [5, 5.41) is 7.40. The molecule has 1 aromatic carbocycles. The van der Waals surface area contributed by atoms with Crippen molar-refractivity contribution < 1.29 is 9.53 Å². The van der Waals surface area contributed by atoms with Gasteiger partial charge in [0.2, 0.25) is 0 Å². The standard InChI is InChI=1S/C16H14N2O2S2/c1-20-9-11-4-2-5-12(8-11)15(19)18-16-17-13(10-22-16)14-6-3-7-21-14/h2-8,10H,9H2,1H3,(H,17,18,19). The molecular formula is C16H14N2O2S2. The summed E-state index contributed by atoms with van der Waals surface area (Å²) >= 11 is 3.05. The van der Waals surface area contributed by atoms with Crippen molar-refractivity contribution in [3.63, 3.8) is 0 Å². The van der Waals surface area contributed by atoms with E-state index >= 15 is 0 Å². The van der Waals surface area contributed by atoms with E-state index in [4.69, 9.17) is 4.74 Å². The quantitative estimate of drug-likeness (QED) is 0.760. The lowest BCUT2D eigenvalue weighted by Crippen LogP contribution is -2.12. The highest BCUT2D eigenvalue weighted by Crippen LogP contribution is 2.28. The molecule has 3 aromatic rings. The molecule has 1 amide bonds. The molecule has 0 radical (unpaired) electrons. The second-order valence-electron chi connectivity index (χ2n) is 4.60. The Morgan fingerprint density at radius 3 is 2.95 bits per heavy atom. The van der Waals surface area contributed by atoms with Crippen molar-refractivity contribution in [1.82, 2.24) is 4.98 Å². The van der Waals surface area contributed by atoms with Crippen LogP contribution in [0, 0.1) is 0 Å². The lowest BCUT2D eigenvalue weighted by Gasteiger charge is -2.04. The highest BCUT2D eigenvalue weighted by atomic mass is 32.1. The van der Waals surface area contributed by atoms with Gasteiger partial charge in [-0.3, -0.25) is 10.1 Å². The van der Waals surface area contributed by atoms with E-state index < -0.39 is 0 Å². The van der Waals surface area contributed by atoms with Crippen LogP contribution in [-0.2, 0) is 11.3 Å². The topological polar surface area (TPSA) is 51.2 Å². The highest BCUT2D eigenvalue weighted by Gasteiger charge is 2.11. The molecule has 0 unspecified atom stereocenters. The molecule has 2 aromatic heterocycles. The largest absolute Gasteiger partial charge is 0.380 e. The summed E-state index contributed by atoms with van der Waals surface area (Å²) in [6.45, 7) is 0.487. The first kappa shape index (κ1) is 14.9. The molecule has 0 aliphatic heterocycles. The number of ether oxygens (including phenoxy) is 1. The number of hydrogen-bond donors (Lipinski definition) is 1. The molecule has 4 nitrogen and oxygen atoms in total. The number of thiophene rings is 1. The normalized spacial score (nSPS) is 10.6. The Labute approximate surface area is 136 Å². The van der Waals surface area contributed by atoms with Gasteiger partial charge in [-0.15, -0.1) is 22.7 Å². The SMILES string of the molecule is COCc1cccc(C(=O)Nc2nc(-c3cccs3)cs2)c1. The maximum Gasteiger partial charge on any atom is 0.257 e. The number of benzene rings is 1. The van der Waals surface area contributed by atoms with E-state index in [2.05, 4.69) is 10.3 Å². The summed E-state index contributed by atoms with van der Waals surface area (Å²) in [5.74, 6) is -0.162. The number of carbonyl (C=O) groups excluding carboxylic acids is 1. The molecule has 0 saturated heterocycles. The van der Waals surface area contributed by atoms with Crippen molar-refractivity contribution in [1.29, 1.82) is 0 Å². The third kappa shape index (κ3) is 3.41. The third-order valence-electron chi connectivity index (χ3n) is 3.00. The zero-order valence-corrected chi connectivity index (χ0v) is 13.5. The third-order valence-corrected chi connectivity index (χ3v) is 4.65. The first-order chi connectivity index (χ1) is 10.8. The predicted molar refractivity (Wildman–Crippen MR) is 90.5 cm³/mol. The van der Waals surface area contributed by atoms with Crippen molar-refractivity contribution >= 4 is 33.7 Å². The van der Waals surface area contributed by atoms with Crippen LogP contribution in [0.2, 0.25) is 0 Å². The van der Waals surface area contributed by atoms with Gasteiger partial charge >= 0.3 is 0 Å². The van der Waals surface area contributed by atoms with Gasteiger partial charge in [0.05, 0.1) is 17.2 Å². The van der Waals surface area contributed by atoms with Gasteiger partial charge in [-0.2, -0.15) is 0 Å². The Balaban J connectivity index is 1.73. The van der Waals surface area contributed by atoms with Crippen molar-refractivity contribution in [2.45, 2.75) is 6.61 Å². The molecule has 0 atom stereocenters. The Morgan fingerprint density at radius 1 is 1.27 bits per heavy atom. The molecule has 0 aliphatic carbocycles. The first-order valence-corrected chi connectivity index (χ1v) is 8.41. The van der Waals surface area contributed by atoms with Gasteiger partial charge in [-0.25, -0.2) is 4.98 Å². The molecule has 0 aliphatic rings. The number of amides is 1. The maximum absolute atomic E-state index is 12.3. The van der Waals surface area contributed by atoms with E-state index in [-0.39, 0.29) is 5.91 Å². The zero-order valence-electron chi connectivity index (χ0n) is 11.9. The Morgan fingerprint density at radius 2 is 2.18 bits per heavy atom. The number of rotatable bonds is 5. The van der Waals surface area contributed by atoms with Gasteiger partial charge in [0.1, 0.15) is 0 Å². The smallest absolute Gasteiger partial charge is 0.257 e. The molecule has 6 heteroatoms. The van der Waals surface area contributed by atoms with Crippen molar-refractivity contribution in [2.75, 3.05) is 12.4 Å². The Hall–Kier alpha value is -2.02. The monoisotopic (exact) mass is 330 g/mol. The lowest BCUT2D eigenvalue weighted by atomic mass is 10.1. The van der Waals surface area contributed by atoms with Crippen LogP contribution >= 0.6 is 22.7 Å². The molecule has 22 heavy (non-hydrogen) atoms. The second-order valence-corrected chi connectivity index (χ2v) is 6.41. The van der Waals surface area contributed by atoms with Crippen LogP contribution in [0.15, 0.2) is 47.2 Å². The van der Waals surface area contributed by atoms with Gasteiger partial charge in [0.15, 0.2) is 5.13 Å². The molecule has 3 rings (SSSR count). The van der Waals surface area contributed by atoms with Crippen molar-refractivity contribution in [3.05, 3.63) is 58.3 Å². The summed E-state index contributed by atoms with van der Waals surface area (Å²) in [4.78, 5) is 17.8. The lowest BCUT2D eigenvalue weighted by molar-refractivity contribution is 0.102. The van der Waals surface area contributed by atoms with Crippen LogP contribution in [0.5, 0.6) is 0 Å². The van der Waals surface area contributed by atoms with Gasteiger partial charge in [-0.05, 0) is 29.1 Å².